The second-order valence-electron chi connectivity index (χ2n) is 8.41. The number of aromatic nitrogens is 1. The zero-order valence-electron chi connectivity index (χ0n) is 19.0. The van der Waals surface area contributed by atoms with Crippen LogP contribution in [0.1, 0.15) is 52.7 Å². The maximum absolute atomic E-state index is 13.0. The number of fused-ring (bicyclic) bond motifs is 1. The summed E-state index contributed by atoms with van der Waals surface area (Å²) in [7, 11) is 0. The van der Waals surface area contributed by atoms with Crippen molar-refractivity contribution in [1.82, 2.24) is 4.98 Å². The van der Waals surface area contributed by atoms with E-state index in [9.17, 15) is 24.9 Å². The van der Waals surface area contributed by atoms with Crippen molar-refractivity contribution in [2.45, 2.75) is 39.4 Å². The van der Waals surface area contributed by atoms with Gasteiger partial charge in [-0.15, -0.1) is 0 Å². The Labute approximate surface area is 192 Å². The number of aliphatic carboxylic acids is 1. The van der Waals surface area contributed by atoms with Gasteiger partial charge in [0.1, 0.15) is 11.9 Å². The number of ketones is 1. The highest BCUT2D eigenvalue weighted by Crippen LogP contribution is 2.29. The van der Waals surface area contributed by atoms with Gasteiger partial charge >= 0.3 is 5.97 Å². The summed E-state index contributed by atoms with van der Waals surface area (Å²) in [5.41, 5.74) is 1.78. The molecule has 0 amide bonds. The molecule has 7 nitrogen and oxygen atoms in total. The summed E-state index contributed by atoms with van der Waals surface area (Å²) in [4.78, 5) is 28.8. The number of hydrogen-bond donors (Lipinski definition) is 3. The van der Waals surface area contributed by atoms with Crippen LogP contribution < -0.4 is 4.74 Å². The van der Waals surface area contributed by atoms with Crippen molar-refractivity contribution in [3.63, 3.8) is 0 Å². The van der Waals surface area contributed by atoms with E-state index < -0.39 is 24.3 Å². The quantitative estimate of drug-likeness (QED) is 0.351. The second-order valence-corrected chi connectivity index (χ2v) is 8.41. The first-order valence-corrected chi connectivity index (χ1v) is 10.5. The lowest BCUT2D eigenvalue weighted by molar-refractivity contribution is -0.152. The second kappa shape index (κ2) is 9.52. The van der Waals surface area contributed by atoms with E-state index >= 15 is 0 Å². The first kappa shape index (κ1) is 24.1. The van der Waals surface area contributed by atoms with Crippen LogP contribution in [-0.4, -0.2) is 44.3 Å². The van der Waals surface area contributed by atoms with E-state index in [4.69, 9.17) is 4.74 Å². The van der Waals surface area contributed by atoms with Crippen LogP contribution in [0, 0.1) is 13.8 Å². The molecule has 0 aliphatic heterocycles. The van der Waals surface area contributed by atoms with Gasteiger partial charge < -0.3 is 20.1 Å². The number of carboxylic acid groups (broad SMARTS) is 1. The number of carbonyl (C=O) groups is 2. The van der Waals surface area contributed by atoms with Crippen molar-refractivity contribution >= 4 is 28.7 Å². The minimum atomic E-state index is -1.38. The van der Waals surface area contributed by atoms with Gasteiger partial charge in [-0.3, -0.25) is 4.79 Å². The molecule has 0 fully saturated rings. The third-order valence-electron chi connectivity index (χ3n) is 5.29. The number of hydrogen-bond acceptors (Lipinski definition) is 6. The van der Waals surface area contributed by atoms with Crippen LogP contribution in [0.25, 0.3) is 17.0 Å². The van der Waals surface area contributed by atoms with Gasteiger partial charge in [0.05, 0.1) is 17.8 Å². The summed E-state index contributed by atoms with van der Waals surface area (Å²) in [5.74, 6) is -0.947. The largest absolute Gasteiger partial charge is 0.478 e. The summed E-state index contributed by atoms with van der Waals surface area (Å²) in [6.45, 7) is 6.03. The van der Waals surface area contributed by atoms with Crippen LogP contribution in [0.3, 0.4) is 0 Å². The average molecular weight is 450 g/mol. The molecular formula is C26H27NO6. The number of nitrogens with zero attached hydrogens (tertiary/aromatic N) is 1. The van der Waals surface area contributed by atoms with Crippen molar-refractivity contribution in [3.05, 3.63) is 76.5 Å². The molecule has 0 radical (unpaired) electrons. The molecule has 7 heteroatoms. The molecule has 0 spiro atoms. The molecule has 0 aliphatic carbocycles. The smallest absolute Gasteiger partial charge is 0.347 e. The van der Waals surface area contributed by atoms with E-state index in [1.165, 1.54) is 19.9 Å². The van der Waals surface area contributed by atoms with E-state index in [2.05, 4.69) is 4.98 Å². The molecule has 3 N–H and O–H groups in total. The zero-order chi connectivity index (χ0) is 24.3. The molecular weight excluding hydrogens is 422 g/mol. The number of aryl methyl sites for hydroxylation is 2. The Bertz CT molecular complexity index is 1220. The number of carbonyl (C=O) groups excluding carboxylic acids is 1. The fourth-order valence-corrected chi connectivity index (χ4v) is 3.47. The molecule has 1 aromatic heterocycles. The number of allylic oxidation sites excluding steroid dienone is 1. The molecule has 3 rings (SSSR count). The molecule has 1 heterocycles. The van der Waals surface area contributed by atoms with E-state index in [-0.39, 0.29) is 17.0 Å². The monoisotopic (exact) mass is 449 g/mol. The summed E-state index contributed by atoms with van der Waals surface area (Å²) in [6, 6.07) is 12.5. The van der Waals surface area contributed by atoms with Crippen LogP contribution >= 0.6 is 0 Å². The molecule has 0 aliphatic rings. The third-order valence-corrected chi connectivity index (χ3v) is 5.29. The number of carboxylic acids is 1. The maximum Gasteiger partial charge on any atom is 0.347 e. The topological polar surface area (TPSA) is 117 Å². The standard InChI is InChI=1S/C26H27NO6/c1-15-11-17(12-16(2)24(15)33-26(3,4)25(31)32)9-10-21(29)19-13-18-7-5-6-8-20(18)27-23(19)22(30)14-28/h5-13,22,28,30H,14H2,1-4H3,(H,31,32)/b10-9+. The molecule has 33 heavy (non-hydrogen) atoms. The van der Waals surface area contributed by atoms with E-state index in [1.54, 1.807) is 30.3 Å². The Hall–Kier alpha value is -3.55. The van der Waals surface area contributed by atoms with Gasteiger partial charge in [0.15, 0.2) is 11.4 Å². The number of aliphatic hydroxyl groups excluding tert-OH is 2. The summed E-state index contributed by atoms with van der Waals surface area (Å²) < 4.78 is 5.72. The van der Waals surface area contributed by atoms with Gasteiger partial charge in [0.2, 0.25) is 0 Å². The number of pyridine rings is 1. The highest BCUT2D eigenvalue weighted by Gasteiger charge is 2.30. The summed E-state index contributed by atoms with van der Waals surface area (Å²) in [6.07, 6.45) is 1.74. The van der Waals surface area contributed by atoms with Crippen LogP contribution in [0.2, 0.25) is 0 Å². The van der Waals surface area contributed by atoms with Crippen molar-refractivity contribution in [2.75, 3.05) is 6.61 Å². The molecule has 172 valence electrons. The Balaban J connectivity index is 1.93. The Morgan fingerprint density at radius 1 is 1.12 bits per heavy atom. The van der Waals surface area contributed by atoms with Gasteiger partial charge in [-0.1, -0.05) is 24.3 Å². The molecule has 0 bridgehead atoms. The normalized spacial score (nSPS) is 12.8. The van der Waals surface area contributed by atoms with Crippen molar-refractivity contribution < 1.29 is 29.6 Å². The van der Waals surface area contributed by atoms with E-state index in [1.807, 2.05) is 32.0 Å². The van der Waals surface area contributed by atoms with Gasteiger partial charge in [-0.2, -0.15) is 0 Å². The van der Waals surface area contributed by atoms with Gasteiger partial charge in [-0.25, -0.2) is 9.78 Å². The van der Waals surface area contributed by atoms with Crippen LogP contribution in [-0.2, 0) is 4.79 Å². The van der Waals surface area contributed by atoms with E-state index in [0.717, 1.165) is 22.1 Å². The first-order chi connectivity index (χ1) is 15.5. The fraction of sp³-hybridized carbons (Fsp3) is 0.269. The lowest BCUT2D eigenvalue weighted by Gasteiger charge is -2.24. The molecule has 0 saturated carbocycles. The Morgan fingerprint density at radius 2 is 1.76 bits per heavy atom. The van der Waals surface area contributed by atoms with Gasteiger partial charge in [0, 0.05) is 10.9 Å². The average Bonchev–Trinajstić information content (AvgIpc) is 2.78. The molecule has 2 aromatic carbocycles. The number of para-hydroxylation sites is 1. The highest BCUT2D eigenvalue weighted by atomic mass is 16.5. The zero-order valence-corrected chi connectivity index (χ0v) is 19.0. The SMILES string of the molecule is Cc1cc(/C=C/C(=O)c2cc3ccccc3nc2C(O)CO)cc(C)c1OC(C)(C)C(=O)O. The molecule has 1 atom stereocenters. The molecule has 0 saturated heterocycles. The van der Waals surface area contributed by atoms with Crippen LogP contribution in [0.15, 0.2) is 48.5 Å². The number of benzene rings is 2. The molecule has 3 aromatic rings. The lowest BCUT2D eigenvalue weighted by Crippen LogP contribution is -2.38. The number of rotatable bonds is 8. The van der Waals surface area contributed by atoms with Gasteiger partial charge in [0.25, 0.3) is 0 Å². The van der Waals surface area contributed by atoms with Crippen molar-refractivity contribution in [2.24, 2.45) is 0 Å². The minimum absolute atomic E-state index is 0.123. The van der Waals surface area contributed by atoms with Gasteiger partial charge in [-0.05, 0) is 74.7 Å². The molecule has 1 unspecified atom stereocenters. The highest BCUT2D eigenvalue weighted by molar-refractivity contribution is 6.09. The Morgan fingerprint density at radius 3 is 2.36 bits per heavy atom. The number of ether oxygens (including phenoxy) is 1. The van der Waals surface area contributed by atoms with Crippen LogP contribution in [0.4, 0.5) is 0 Å². The first-order valence-electron chi connectivity index (χ1n) is 10.5. The number of aliphatic hydroxyl groups is 2. The van der Waals surface area contributed by atoms with Crippen molar-refractivity contribution in [3.8, 4) is 5.75 Å². The van der Waals surface area contributed by atoms with Crippen molar-refractivity contribution in [1.29, 1.82) is 0 Å². The lowest BCUT2D eigenvalue weighted by atomic mass is 10.0. The maximum atomic E-state index is 13.0. The third kappa shape index (κ3) is 5.27. The predicted octanol–water partition coefficient (Wildman–Crippen LogP) is 4.02. The fourth-order valence-electron chi connectivity index (χ4n) is 3.47. The predicted molar refractivity (Wildman–Crippen MR) is 125 cm³/mol. The Kier molecular flexibility index (Phi) is 6.95. The van der Waals surface area contributed by atoms with E-state index in [0.29, 0.717) is 11.3 Å². The summed E-state index contributed by atoms with van der Waals surface area (Å²) in [5, 5.41) is 29.7. The minimum Gasteiger partial charge on any atom is -0.478 e. The summed E-state index contributed by atoms with van der Waals surface area (Å²) >= 11 is 0. The van der Waals surface area contributed by atoms with Crippen LogP contribution in [0.5, 0.6) is 5.75 Å².